The van der Waals surface area contributed by atoms with Gasteiger partial charge >= 0.3 is 16.1 Å². The molecule has 0 saturated carbocycles. The highest BCUT2D eigenvalue weighted by Gasteiger charge is 2.20. The van der Waals surface area contributed by atoms with Crippen molar-refractivity contribution < 1.29 is 26.5 Å². The summed E-state index contributed by atoms with van der Waals surface area (Å²) in [6, 6.07) is 17.7. The zero-order valence-electron chi connectivity index (χ0n) is 19.9. The molecule has 7 nitrogen and oxygen atoms in total. The van der Waals surface area contributed by atoms with Crippen molar-refractivity contribution in [2.45, 2.75) is 44.7 Å². The van der Waals surface area contributed by atoms with Gasteiger partial charge in [0.2, 0.25) is 0 Å². The Balaban J connectivity index is 1.68. The molecule has 3 rings (SSSR count). The van der Waals surface area contributed by atoms with E-state index in [9.17, 15) is 17.6 Å². The number of carbonyl (C=O) groups is 1. The molecule has 0 aromatic heterocycles. The molecular weight excluding hydrogens is 471 g/mol. The van der Waals surface area contributed by atoms with Gasteiger partial charge in [0.05, 0.1) is 6.61 Å². The molecule has 186 valence electrons. The fourth-order valence-corrected chi connectivity index (χ4v) is 4.20. The van der Waals surface area contributed by atoms with Gasteiger partial charge in [-0.15, -0.1) is 0 Å². The average molecular weight is 501 g/mol. The standard InChI is InChI=1S/C26H29FN2O5S/c1-4-19(3)29(26(30)28-22-10-14-23(15-11-22)33-5-2)18-20-6-12-24(13-7-20)34-35(31,32)25-16-8-21(27)9-17-25/h6-17,19H,4-5,18H2,1-3H3,(H,28,30). The molecule has 2 amide bonds. The van der Waals surface area contributed by atoms with Crippen molar-refractivity contribution in [2.75, 3.05) is 11.9 Å². The number of urea groups is 1. The number of nitrogens with zero attached hydrogens (tertiary/aromatic N) is 1. The summed E-state index contributed by atoms with van der Waals surface area (Å²) in [5, 5.41) is 2.91. The molecule has 0 saturated heterocycles. The van der Waals surface area contributed by atoms with Gasteiger partial charge in [-0.25, -0.2) is 9.18 Å². The number of ether oxygens (including phenoxy) is 1. The second-order valence-electron chi connectivity index (χ2n) is 7.91. The van der Waals surface area contributed by atoms with Gasteiger partial charge in [-0.1, -0.05) is 19.1 Å². The zero-order chi connectivity index (χ0) is 25.4. The van der Waals surface area contributed by atoms with Crippen molar-refractivity contribution in [3.05, 3.63) is 84.2 Å². The van der Waals surface area contributed by atoms with Gasteiger partial charge in [-0.05, 0) is 86.5 Å². The van der Waals surface area contributed by atoms with Crippen LogP contribution in [0.5, 0.6) is 11.5 Å². The maximum Gasteiger partial charge on any atom is 0.339 e. The van der Waals surface area contributed by atoms with Gasteiger partial charge in [0.15, 0.2) is 0 Å². The highest BCUT2D eigenvalue weighted by molar-refractivity contribution is 7.87. The summed E-state index contributed by atoms with van der Waals surface area (Å²) >= 11 is 0. The third kappa shape index (κ3) is 7.19. The van der Waals surface area contributed by atoms with Crippen LogP contribution in [0.2, 0.25) is 0 Å². The zero-order valence-corrected chi connectivity index (χ0v) is 20.7. The van der Waals surface area contributed by atoms with Gasteiger partial charge in [0.1, 0.15) is 22.2 Å². The number of rotatable bonds is 10. The molecule has 0 radical (unpaired) electrons. The Morgan fingerprint density at radius 2 is 1.54 bits per heavy atom. The van der Waals surface area contributed by atoms with E-state index in [1.165, 1.54) is 12.1 Å². The van der Waals surface area contributed by atoms with Gasteiger partial charge < -0.3 is 19.1 Å². The molecule has 0 aliphatic rings. The predicted molar refractivity (Wildman–Crippen MR) is 133 cm³/mol. The summed E-state index contributed by atoms with van der Waals surface area (Å²) < 4.78 is 48.5. The van der Waals surface area contributed by atoms with Gasteiger partial charge in [-0.3, -0.25) is 0 Å². The smallest absolute Gasteiger partial charge is 0.339 e. The normalized spacial score (nSPS) is 12.0. The Bertz CT molecular complexity index is 1210. The molecule has 35 heavy (non-hydrogen) atoms. The second kappa shape index (κ2) is 11.7. The van der Waals surface area contributed by atoms with E-state index in [0.717, 1.165) is 42.0 Å². The topological polar surface area (TPSA) is 84.9 Å². The van der Waals surface area contributed by atoms with E-state index in [1.807, 2.05) is 20.8 Å². The van der Waals surface area contributed by atoms with E-state index >= 15 is 0 Å². The fraction of sp³-hybridized carbons (Fsp3) is 0.269. The lowest BCUT2D eigenvalue weighted by Crippen LogP contribution is -2.40. The Morgan fingerprint density at radius 1 is 0.943 bits per heavy atom. The lowest BCUT2D eigenvalue weighted by molar-refractivity contribution is 0.187. The maximum absolute atomic E-state index is 13.1. The van der Waals surface area contributed by atoms with Gasteiger partial charge in [-0.2, -0.15) is 8.42 Å². The molecule has 0 aliphatic carbocycles. The average Bonchev–Trinajstić information content (AvgIpc) is 2.84. The molecule has 3 aromatic rings. The van der Waals surface area contributed by atoms with Crippen LogP contribution in [0.15, 0.2) is 77.7 Å². The van der Waals surface area contributed by atoms with E-state index in [0.29, 0.717) is 18.8 Å². The van der Waals surface area contributed by atoms with Crippen molar-refractivity contribution in [2.24, 2.45) is 0 Å². The monoisotopic (exact) mass is 500 g/mol. The first-order valence-electron chi connectivity index (χ1n) is 11.3. The van der Waals surface area contributed by atoms with Crippen molar-refractivity contribution in [3.8, 4) is 11.5 Å². The summed E-state index contributed by atoms with van der Waals surface area (Å²) in [6.45, 7) is 6.75. The van der Waals surface area contributed by atoms with Crippen LogP contribution in [0.3, 0.4) is 0 Å². The quantitative estimate of drug-likeness (QED) is 0.354. The van der Waals surface area contributed by atoms with Crippen LogP contribution >= 0.6 is 0 Å². The van der Waals surface area contributed by atoms with Crippen molar-refractivity contribution >= 4 is 21.8 Å². The minimum Gasteiger partial charge on any atom is -0.494 e. The molecule has 0 heterocycles. The van der Waals surface area contributed by atoms with Crippen LogP contribution in [-0.2, 0) is 16.7 Å². The summed E-state index contributed by atoms with van der Waals surface area (Å²) in [5.41, 5.74) is 1.46. The van der Waals surface area contributed by atoms with E-state index < -0.39 is 15.9 Å². The number of hydrogen-bond acceptors (Lipinski definition) is 5. The SMILES string of the molecule is CCOc1ccc(NC(=O)N(Cc2ccc(OS(=O)(=O)c3ccc(F)cc3)cc2)C(C)CC)cc1. The van der Waals surface area contributed by atoms with Crippen molar-refractivity contribution in [3.63, 3.8) is 0 Å². The molecule has 9 heteroatoms. The Hall–Kier alpha value is -3.59. The Morgan fingerprint density at radius 3 is 2.11 bits per heavy atom. The van der Waals surface area contributed by atoms with E-state index in [2.05, 4.69) is 5.32 Å². The fourth-order valence-electron chi connectivity index (χ4n) is 3.27. The molecular formula is C26H29FN2O5S. The minimum atomic E-state index is -4.09. The molecule has 1 unspecified atom stereocenters. The third-order valence-corrected chi connectivity index (χ3v) is 6.65. The van der Waals surface area contributed by atoms with E-state index in [-0.39, 0.29) is 22.7 Å². The number of benzene rings is 3. The van der Waals surface area contributed by atoms with Crippen molar-refractivity contribution in [1.29, 1.82) is 0 Å². The summed E-state index contributed by atoms with van der Waals surface area (Å²) in [4.78, 5) is 14.6. The molecule has 0 spiro atoms. The predicted octanol–water partition coefficient (Wildman–Crippen LogP) is 5.82. The number of amides is 2. The lowest BCUT2D eigenvalue weighted by Gasteiger charge is -2.29. The maximum atomic E-state index is 13.1. The summed E-state index contributed by atoms with van der Waals surface area (Å²) in [6.07, 6.45) is 0.758. The molecule has 0 aliphatic heterocycles. The molecule has 3 aromatic carbocycles. The van der Waals surface area contributed by atoms with Crippen molar-refractivity contribution in [1.82, 2.24) is 4.90 Å². The highest BCUT2D eigenvalue weighted by atomic mass is 32.2. The largest absolute Gasteiger partial charge is 0.494 e. The molecule has 1 N–H and O–H groups in total. The van der Waals surface area contributed by atoms with Crippen LogP contribution in [-0.4, -0.2) is 32.0 Å². The Kier molecular flexibility index (Phi) is 8.70. The van der Waals surface area contributed by atoms with E-state index in [4.69, 9.17) is 8.92 Å². The number of nitrogens with one attached hydrogen (secondary N) is 1. The molecule has 1 atom stereocenters. The Labute approximate surface area is 205 Å². The third-order valence-electron chi connectivity index (χ3n) is 5.38. The van der Waals surface area contributed by atoms with Crippen LogP contribution < -0.4 is 14.2 Å². The van der Waals surface area contributed by atoms with Crippen LogP contribution in [0.1, 0.15) is 32.8 Å². The summed E-state index contributed by atoms with van der Waals surface area (Å²) in [7, 11) is -4.09. The van der Waals surface area contributed by atoms with Crippen LogP contribution in [0, 0.1) is 5.82 Å². The number of anilines is 1. The molecule has 0 fully saturated rings. The van der Waals surface area contributed by atoms with E-state index in [1.54, 1.807) is 41.3 Å². The second-order valence-corrected chi connectivity index (χ2v) is 9.45. The minimum absolute atomic E-state index is 0.0347. The van der Waals surface area contributed by atoms with Crippen LogP contribution in [0.4, 0.5) is 14.9 Å². The first kappa shape index (κ1) is 26.0. The lowest BCUT2D eigenvalue weighted by atomic mass is 10.1. The summed E-state index contributed by atoms with van der Waals surface area (Å²) in [5.74, 6) is 0.311. The van der Waals surface area contributed by atoms with Crippen LogP contribution in [0.25, 0.3) is 0 Å². The number of halogens is 1. The highest BCUT2D eigenvalue weighted by Crippen LogP contribution is 2.22. The molecule has 0 bridgehead atoms. The number of hydrogen-bond donors (Lipinski definition) is 1. The van der Waals surface area contributed by atoms with Gasteiger partial charge in [0.25, 0.3) is 0 Å². The number of carbonyl (C=O) groups excluding carboxylic acids is 1. The van der Waals surface area contributed by atoms with Gasteiger partial charge in [0, 0.05) is 18.3 Å². The first-order valence-corrected chi connectivity index (χ1v) is 12.7. The first-order chi connectivity index (χ1) is 16.7.